The summed E-state index contributed by atoms with van der Waals surface area (Å²) in [4.78, 5) is 14.0. The second kappa shape index (κ2) is 4.85. The van der Waals surface area contributed by atoms with E-state index in [4.69, 9.17) is 29.8 Å². The largest absolute Gasteiger partial charge is 0.320 e. The number of carbonyl (C=O) groups is 1. The monoisotopic (exact) mass is 228 g/mol. The molecule has 0 unspecified atom stereocenters. The minimum atomic E-state index is -0.363. The van der Waals surface area contributed by atoms with Crippen LogP contribution in [-0.2, 0) is 4.79 Å². The van der Waals surface area contributed by atoms with E-state index in [-0.39, 0.29) is 12.5 Å². The maximum Gasteiger partial charge on any atom is 0.304 e. The van der Waals surface area contributed by atoms with Gasteiger partial charge in [0.2, 0.25) is 0 Å². The molecular formula is C9H6Cl2N2O. The molecule has 0 saturated heterocycles. The molecule has 3 nitrogen and oxygen atoms in total. The molecule has 0 atom stereocenters. The van der Waals surface area contributed by atoms with Gasteiger partial charge in [0.05, 0.1) is 10.0 Å². The molecule has 0 aliphatic heterocycles. The highest BCUT2D eigenvalue weighted by Gasteiger charge is 2.05. The van der Waals surface area contributed by atoms with E-state index >= 15 is 0 Å². The Morgan fingerprint density at radius 1 is 1.43 bits per heavy atom. The van der Waals surface area contributed by atoms with Crippen molar-refractivity contribution in [3.8, 4) is 0 Å². The van der Waals surface area contributed by atoms with Gasteiger partial charge >= 0.3 is 5.91 Å². The number of halogens is 2. The first-order valence-corrected chi connectivity index (χ1v) is 4.47. The molecule has 0 saturated carbocycles. The van der Waals surface area contributed by atoms with E-state index in [9.17, 15) is 4.79 Å². The number of hydrogen-bond acceptors (Lipinski definition) is 1. The highest BCUT2D eigenvalue weighted by atomic mass is 35.5. The third-order valence-electron chi connectivity index (χ3n) is 1.43. The number of hydrogen-bond donors (Lipinski definition) is 1. The molecule has 0 radical (unpaired) electrons. The van der Waals surface area contributed by atoms with Crippen LogP contribution in [0.4, 0.5) is 5.69 Å². The van der Waals surface area contributed by atoms with Crippen molar-refractivity contribution >= 4 is 34.8 Å². The number of nitrogens with zero attached hydrogens (tertiary/aromatic N) is 1. The molecule has 0 aliphatic rings. The molecule has 1 aromatic carbocycles. The summed E-state index contributed by atoms with van der Waals surface area (Å²) in [6.45, 7) is 6.30. The van der Waals surface area contributed by atoms with Gasteiger partial charge in [0.25, 0.3) is 6.54 Å². The number of carbonyl (C=O) groups excluding carboxylic acids is 1. The van der Waals surface area contributed by atoms with E-state index in [2.05, 4.69) is 10.2 Å². The normalized spacial score (nSPS) is 9.21. The Labute approximate surface area is 91.4 Å². The standard InChI is InChI=1S/C9H6Cl2N2O/c1-12-5-9(14)13-6-2-3-7(10)8(11)4-6/h2-4H,5H2,(H,13,14). The smallest absolute Gasteiger partial charge is 0.304 e. The molecule has 0 aliphatic carbocycles. The van der Waals surface area contributed by atoms with Gasteiger partial charge in [-0.25, -0.2) is 6.57 Å². The predicted octanol–water partition coefficient (Wildman–Crippen LogP) is 2.85. The lowest BCUT2D eigenvalue weighted by molar-refractivity contribution is -0.114. The lowest BCUT2D eigenvalue weighted by Gasteiger charge is -2.02. The number of benzene rings is 1. The maximum absolute atomic E-state index is 11.0. The van der Waals surface area contributed by atoms with Gasteiger partial charge < -0.3 is 10.2 Å². The average molecular weight is 229 g/mol. The molecule has 0 spiro atoms. The molecule has 1 N–H and O–H groups in total. The van der Waals surface area contributed by atoms with Gasteiger partial charge in [0.15, 0.2) is 0 Å². The fraction of sp³-hybridized carbons (Fsp3) is 0.111. The molecule has 0 bridgehead atoms. The lowest BCUT2D eigenvalue weighted by Crippen LogP contribution is -2.13. The highest BCUT2D eigenvalue weighted by molar-refractivity contribution is 6.42. The summed E-state index contributed by atoms with van der Waals surface area (Å²) in [5.41, 5.74) is 0.535. The summed E-state index contributed by atoms with van der Waals surface area (Å²) < 4.78 is 0. The molecular weight excluding hydrogens is 223 g/mol. The van der Waals surface area contributed by atoms with Crippen LogP contribution in [0.15, 0.2) is 18.2 Å². The van der Waals surface area contributed by atoms with Crippen molar-refractivity contribution in [3.05, 3.63) is 39.7 Å². The maximum atomic E-state index is 11.0. The van der Waals surface area contributed by atoms with Crippen molar-refractivity contribution in [1.82, 2.24) is 0 Å². The molecule has 1 amide bonds. The van der Waals surface area contributed by atoms with Gasteiger partial charge in [-0.05, 0) is 18.2 Å². The molecule has 0 aromatic heterocycles. The zero-order chi connectivity index (χ0) is 10.6. The Bertz CT molecular complexity index is 398. The van der Waals surface area contributed by atoms with Crippen LogP contribution in [0.5, 0.6) is 0 Å². The van der Waals surface area contributed by atoms with Crippen molar-refractivity contribution in [2.24, 2.45) is 0 Å². The van der Waals surface area contributed by atoms with E-state index < -0.39 is 0 Å². The van der Waals surface area contributed by atoms with E-state index in [1.165, 1.54) is 6.07 Å². The lowest BCUT2D eigenvalue weighted by atomic mass is 10.3. The molecule has 0 fully saturated rings. The SMILES string of the molecule is [C-]#[N+]CC(=O)Nc1ccc(Cl)c(Cl)c1. The van der Waals surface area contributed by atoms with Gasteiger partial charge in [-0.1, -0.05) is 23.2 Å². The van der Waals surface area contributed by atoms with Crippen LogP contribution in [0, 0.1) is 6.57 Å². The van der Waals surface area contributed by atoms with Crippen molar-refractivity contribution in [3.63, 3.8) is 0 Å². The first-order valence-electron chi connectivity index (χ1n) is 3.71. The van der Waals surface area contributed by atoms with Gasteiger partial charge in [-0.2, -0.15) is 0 Å². The summed E-state index contributed by atoms with van der Waals surface area (Å²) in [5, 5.41) is 3.31. The minimum Gasteiger partial charge on any atom is -0.320 e. The van der Waals surface area contributed by atoms with Crippen LogP contribution >= 0.6 is 23.2 Å². The Balaban J connectivity index is 2.74. The quantitative estimate of drug-likeness (QED) is 0.777. The van der Waals surface area contributed by atoms with E-state index in [1.807, 2.05) is 0 Å². The molecule has 5 heteroatoms. The summed E-state index contributed by atoms with van der Waals surface area (Å²) in [6, 6.07) is 4.74. The summed E-state index contributed by atoms with van der Waals surface area (Å²) in [5.74, 6) is -0.363. The van der Waals surface area contributed by atoms with Gasteiger partial charge in [-0.3, -0.25) is 4.79 Å². The zero-order valence-corrected chi connectivity index (χ0v) is 8.56. The third kappa shape index (κ3) is 2.91. The number of rotatable bonds is 2. The minimum absolute atomic E-state index is 0.194. The summed E-state index contributed by atoms with van der Waals surface area (Å²) in [7, 11) is 0. The van der Waals surface area contributed by atoms with Crippen molar-refractivity contribution in [2.75, 3.05) is 11.9 Å². The fourth-order valence-corrected chi connectivity index (χ4v) is 1.14. The molecule has 72 valence electrons. The Morgan fingerprint density at radius 2 is 2.14 bits per heavy atom. The number of nitrogens with one attached hydrogen (secondary N) is 1. The zero-order valence-electron chi connectivity index (χ0n) is 7.05. The molecule has 1 rings (SSSR count). The Morgan fingerprint density at radius 3 is 2.71 bits per heavy atom. The first kappa shape index (κ1) is 10.8. The van der Waals surface area contributed by atoms with E-state index in [1.54, 1.807) is 12.1 Å². The van der Waals surface area contributed by atoms with Crippen LogP contribution in [0.1, 0.15) is 0 Å². The van der Waals surface area contributed by atoms with E-state index in [0.717, 1.165) is 0 Å². The Kier molecular flexibility index (Phi) is 3.75. The molecule has 0 heterocycles. The summed E-state index contributed by atoms with van der Waals surface area (Å²) >= 11 is 11.4. The van der Waals surface area contributed by atoms with Crippen molar-refractivity contribution in [2.45, 2.75) is 0 Å². The first-order chi connectivity index (χ1) is 6.63. The van der Waals surface area contributed by atoms with Gasteiger partial charge in [0, 0.05) is 5.69 Å². The Hall–Kier alpha value is -1.24. The topological polar surface area (TPSA) is 33.5 Å². The molecule has 14 heavy (non-hydrogen) atoms. The highest BCUT2D eigenvalue weighted by Crippen LogP contribution is 2.24. The predicted molar refractivity (Wildman–Crippen MR) is 56.6 cm³/mol. The van der Waals surface area contributed by atoms with Crippen molar-refractivity contribution < 1.29 is 4.79 Å². The van der Waals surface area contributed by atoms with Crippen LogP contribution < -0.4 is 5.32 Å². The van der Waals surface area contributed by atoms with Crippen LogP contribution in [0.2, 0.25) is 10.0 Å². The third-order valence-corrected chi connectivity index (χ3v) is 2.17. The van der Waals surface area contributed by atoms with Crippen LogP contribution in [0.3, 0.4) is 0 Å². The molecule has 1 aromatic rings. The van der Waals surface area contributed by atoms with Crippen LogP contribution in [-0.4, -0.2) is 12.5 Å². The number of anilines is 1. The number of amides is 1. The fourth-order valence-electron chi connectivity index (χ4n) is 0.846. The second-order valence-electron chi connectivity index (χ2n) is 2.49. The van der Waals surface area contributed by atoms with Crippen LogP contribution in [0.25, 0.3) is 4.85 Å². The summed E-state index contributed by atoms with van der Waals surface area (Å²) in [6.07, 6.45) is 0. The van der Waals surface area contributed by atoms with E-state index in [0.29, 0.717) is 15.7 Å². The van der Waals surface area contributed by atoms with Gasteiger partial charge in [-0.15, -0.1) is 0 Å². The van der Waals surface area contributed by atoms with Gasteiger partial charge in [0.1, 0.15) is 0 Å². The average Bonchev–Trinajstić information content (AvgIpc) is 2.12. The second-order valence-corrected chi connectivity index (χ2v) is 3.31. The van der Waals surface area contributed by atoms with Crippen molar-refractivity contribution in [1.29, 1.82) is 0 Å².